The summed E-state index contributed by atoms with van der Waals surface area (Å²) in [5.41, 5.74) is -0.809. The Hall–Kier alpha value is -1.89. The van der Waals surface area contributed by atoms with Crippen molar-refractivity contribution in [3.05, 3.63) is 30.1 Å². The first-order valence-corrected chi connectivity index (χ1v) is 5.15. The van der Waals surface area contributed by atoms with Gasteiger partial charge >= 0.3 is 0 Å². The van der Waals surface area contributed by atoms with Crippen molar-refractivity contribution >= 4 is 11.6 Å². The quantitative estimate of drug-likeness (QED) is 0.828. The second-order valence-corrected chi connectivity index (χ2v) is 3.98. The Balaban J connectivity index is 2.14. The Morgan fingerprint density at radius 2 is 2.12 bits per heavy atom. The first kappa shape index (κ1) is 10.6. The highest BCUT2D eigenvalue weighted by molar-refractivity contribution is 5.97. The maximum absolute atomic E-state index is 13.3. The first-order valence-electron chi connectivity index (χ1n) is 5.15. The van der Waals surface area contributed by atoms with E-state index in [1.54, 1.807) is 12.1 Å². The van der Waals surface area contributed by atoms with Crippen LogP contribution in [0, 0.1) is 22.6 Å². The molecule has 1 aliphatic carbocycles. The van der Waals surface area contributed by atoms with Crippen LogP contribution >= 0.6 is 0 Å². The summed E-state index contributed by atoms with van der Waals surface area (Å²) in [5.74, 6) is -0.880. The normalized spacial score (nSPS) is 17.0. The van der Waals surface area contributed by atoms with Gasteiger partial charge in [-0.2, -0.15) is 5.26 Å². The average Bonchev–Trinajstić information content (AvgIpc) is 2.21. The molecule has 1 aromatic carbocycles. The summed E-state index contributed by atoms with van der Waals surface area (Å²) >= 11 is 0. The van der Waals surface area contributed by atoms with E-state index in [9.17, 15) is 9.18 Å². The molecular weight excluding hydrogens is 207 g/mol. The zero-order valence-corrected chi connectivity index (χ0v) is 8.66. The van der Waals surface area contributed by atoms with Gasteiger partial charge in [0.2, 0.25) is 5.91 Å². The molecule has 2 rings (SSSR count). The summed E-state index contributed by atoms with van der Waals surface area (Å²) in [4.78, 5) is 11.8. The van der Waals surface area contributed by atoms with Crippen LogP contribution in [-0.2, 0) is 4.79 Å². The molecule has 0 bridgehead atoms. The lowest BCUT2D eigenvalue weighted by atomic mass is 9.69. The maximum atomic E-state index is 13.3. The van der Waals surface area contributed by atoms with Crippen molar-refractivity contribution in [2.45, 2.75) is 19.3 Å². The van der Waals surface area contributed by atoms with Crippen LogP contribution in [0.4, 0.5) is 10.1 Å². The van der Waals surface area contributed by atoms with Crippen LogP contribution in [0.1, 0.15) is 19.3 Å². The molecule has 3 nitrogen and oxygen atoms in total. The Bertz CT molecular complexity index is 460. The number of hydrogen-bond donors (Lipinski definition) is 1. The minimum absolute atomic E-state index is 0.133. The Morgan fingerprint density at radius 1 is 1.44 bits per heavy atom. The molecule has 0 radical (unpaired) electrons. The van der Waals surface area contributed by atoms with Crippen LogP contribution in [0.5, 0.6) is 0 Å². The van der Waals surface area contributed by atoms with Gasteiger partial charge in [-0.3, -0.25) is 4.79 Å². The van der Waals surface area contributed by atoms with Crippen LogP contribution in [0.3, 0.4) is 0 Å². The predicted molar refractivity (Wildman–Crippen MR) is 56.9 cm³/mol. The van der Waals surface area contributed by atoms with E-state index in [1.807, 2.05) is 6.07 Å². The van der Waals surface area contributed by atoms with Crippen molar-refractivity contribution in [3.63, 3.8) is 0 Å². The Kier molecular flexibility index (Phi) is 2.61. The highest BCUT2D eigenvalue weighted by Gasteiger charge is 2.44. The van der Waals surface area contributed by atoms with Gasteiger partial charge in [0.1, 0.15) is 11.2 Å². The van der Waals surface area contributed by atoms with Gasteiger partial charge in [-0.1, -0.05) is 12.1 Å². The van der Waals surface area contributed by atoms with E-state index in [0.29, 0.717) is 12.8 Å². The Morgan fingerprint density at radius 3 is 2.62 bits per heavy atom. The molecule has 0 spiro atoms. The van der Waals surface area contributed by atoms with Crippen molar-refractivity contribution in [1.29, 1.82) is 5.26 Å². The molecule has 0 heterocycles. The van der Waals surface area contributed by atoms with Gasteiger partial charge < -0.3 is 5.32 Å². The second kappa shape index (κ2) is 3.93. The van der Waals surface area contributed by atoms with Crippen molar-refractivity contribution in [2.24, 2.45) is 5.41 Å². The van der Waals surface area contributed by atoms with Crippen LogP contribution in [0.2, 0.25) is 0 Å². The number of halogens is 1. The number of nitriles is 1. The van der Waals surface area contributed by atoms with Gasteiger partial charge in [-0.15, -0.1) is 0 Å². The van der Waals surface area contributed by atoms with E-state index in [2.05, 4.69) is 5.32 Å². The van der Waals surface area contributed by atoms with Gasteiger partial charge in [0, 0.05) is 0 Å². The fourth-order valence-electron chi connectivity index (χ4n) is 1.72. The third kappa shape index (κ3) is 1.65. The van der Waals surface area contributed by atoms with E-state index < -0.39 is 17.1 Å². The first-order chi connectivity index (χ1) is 7.68. The molecule has 0 atom stereocenters. The molecule has 0 aromatic heterocycles. The molecule has 0 aliphatic heterocycles. The van der Waals surface area contributed by atoms with Crippen LogP contribution in [-0.4, -0.2) is 5.91 Å². The number of benzene rings is 1. The molecule has 1 fully saturated rings. The molecule has 1 amide bonds. The lowest BCUT2D eigenvalue weighted by molar-refractivity contribution is -0.126. The molecule has 1 N–H and O–H groups in total. The number of para-hydroxylation sites is 1. The van der Waals surface area contributed by atoms with E-state index in [0.717, 1.165) is 6.42 Å². The number of anilines is 1. The topological polar surface area (TPSA) is 52.9 Å². The fourth-order valence-corrected chi connectivity index (χ4v) is 1.72. The van der Waals surface area contributed by atoms with E-state index in [-0.39, 0.29) is 5.69 Å². The zero-order chi connectivity index (χ0) is 11.6. The molecule has 4 heteroatoms. The maximum Gasteiger partial charge on any atom is 0.244 e. The average molecular weight is 218 g/mol. The van der Waals surface area contributed by atoms with Crippen molar-refractivity contribution in [1.82, 2.24) is 0 Å². The lowest BCUT2D eigenvalue weighted by Crippen LogP contribution is -2.40. The number of hydrogen-bond acceptors (Lipinski definition) is 2. The predicted octanol–water partition coefficient (Wildman–Crippen LogP) is 2.46. The number of rotatable bonds is 2. The van der Waals surface area contributed by atoms with Crippen molar-refractivity contribution in [3.8, 4) is 6.07 Å². The summed E-state index contributed by atoms with van der Waals surface area (Å²) in [6.07, 6.45) is 1.99. The van der Waals surface area contributed by atoms with Gasteiger partial charge in [0.05, 0.1) is 11.8 Å². The summed E-state index contributed by atoms with van der Waals surface area (Å²) in [6, 6.07) is 7.96. The largest absolute Gasteiger partial charge is 0.322 e. The van der Waals surface area contributed by atoms with Gasteiger partial charge in [0.15, 0.2) is 0 Å². The highest BCUT2D eigenvalue weighted by Crippen LogP contribution is 2.41. The number of carbonyl (C=O) groups is 1. The lowest BCUT2D eigenvalue weighted by Gasteiger charge is -2.33. The molecule has 0 saturated heterocycles. The standard InChI is InChI=1S/C12H11FN2O/c13-9-4-1-2-5-10(9)15-11(16)12(8-14)6-3-7-12/h1-2,4-5H,3,6-7H2,(H,15,16). The van der Waals surface area contributed by atoms with Crippen LogP contribution in [0.25, 0.3) is 0 Å². The SMILES string of the molecule is N#CC1(C(=O)Nc2ccccc2F)CCC1. The third-order valence-corrected chi connectivity index (χ3v) is 2.98. The van der Waals surface area contributed by atoms with Crippen LogP contribution < -0.4 is 5.32 Å². The van der Waals surface area contributed by atoms with Crippen molar-refractivity contribution in [2.75, 3.05) is 5.32 Å². The molecule has 0 unspecified atom stereocenters. The summed E-state index contributed by atoms with van der Waals surface area (Å²) in [5, 5.41) is 11.4. The van der Waals surface area contributed by atoms with E-state index in [4.69, 9.17) is 5.26 Å². The minimum atomic E-state index is -0.942. The van der Waals surface area contributed by atoms with Crippen molar-refractivity contribution < 1.29 is 9.18 Å². The Labute approximate surface area is 92.9 Å². The van der Waals surface area contributed by atoms with Gasteiger partial charge in [-0.05, 0) is 31.4 Å². The number of nitrogens with one attached hydrogen (secondary N) is 1. The number of amides is 1. The zero-order valence-electron chi connectivity index (χ0n) is 8.66. The second-order valence-electron chi connectivity index (χ2n) is 3.98. The summed E-state index contributed by atoms with van der Waals surface area (Å²) in [7, 11) is 0. The molecule has 1 saturated carbocycles. The monoisotopic (exact) mass is 218 g/mol. The minimum Gasteiger partial charge on any atom is -0.322 e. The molecule has 1 aromatic rings. The van der Waals surface area contributed by atoms with E-state index in [1.165, 1.54) is 12.1 Å². The third-order valence-electron chi connectivity index (χ3n) is 2.98. The smallest absolute Gasteiger partial charge is 0.244 e. The van der Waals surface area contributed by atoms with Gasteiger partial charge in [-0.25, -0.2) is 4.39 Å². The van der Waals surface area contributed by atoms with Gasteiger partial charge in [0.25, 0.3) is 0 Å². The highest BCUT2D eigenvalue weighted by atomic mass is 19.1. The van der Waals surface area contributed by atoms with Crippen LogP contribution in [0.15, 0.2) is 24.3 Å². The molecule has 82 valence electrons. The van der Waals surface area contributed by atoms with E-state index >= 15 is 0 Å². The summed E-state index contributed by atoms with van der Waals surface area (Å²) < 4.78 is 13.3. The molecule has 16 heavy (non-hydrogen) atoms. The molecular formula is C12H11FN2O. The summed E-state index contributed by atoms with van der Waals surface area (Å²) in [6.45, 7) is 0. The number of nitrogens with zero attached hydrogens (tertiary/aromatic N) is 1. The number of carbonyl (C=O) groups excluding carboxylic acids is 1. The molecule has 1 aliphatic rings. The fraction of sp³-hybridized carbons (Fsp3) is 0.333.